The third-order valence-electron chi connectivity index (χ3n) is 3.73. The van der Waals surface area contributed by atoms with E-state index in [9.17, 15) is 0 Å². The minimum atomic E-state index is 0.369. The van der Waals surface area contributed by atoms with E-state index in [4.69, 9.17) is 37.4 Å². The van der Waals surface area contributed by atoms with Crippen molar-refractivity contribution in [1.29, 1.82) is 0 Å². The molecule has 0 spiro atoms. The van der Waals surface area contributed by atoms with Gasteiger partial charge in [0.2, 0.25) is 0 Å². The Morgan fingerprint density at radius 3 is 2.54 bits per heavy atom. The molecule has 0 aromatic heterocycles. The first-order valence-electron chi connectivity index (χ1n) is 8.18. The van der Waals surface area contributed by atoms with Crippen molar-refractivity contribution in [2.75, 3.05) is 27.4 Å². The van der Waals surface area contributed by atoms with Crippen LogP contribution in [0.2, 0.25) is 10.0 Å². The topological polar surface area (TPSA) is 39.7 Å². The zero-order valence-corrected chi connectivity index (χ0v) is 17.9. The van der Waals surface area contributed by atoms with E-state index < -0.39 is 0 Å². The average Bonchev–Trinajstić information content (AvgIpc) is 2.63. The molecule has 0 unspecified atom stereocenters. The zero-order chi connectivity index (χ0) is 18.9. The predicted molar refractivity (Wildman–Crippen MR) is 110 cm³/mol. The van der Waals surface area contributed by atoms with Gasteiger partial charge in [0.15, 0.2) is 11.5 Å². The second kappa shape index (κ2) is 11.0. The largest absolute Gasteiger partial charge is 0.493 e. The molecule has 0 radical (unpaired) electrons. The van der Waals surface area contributed by atoms with Gasteiger partial charge in [-0.15, -0.1) is 0 Å². The van der Waals surface area contributed by atoms with Crippen molar-refractivity contribution in [1.82, 2.24) is 5.32 Å². The van der Waals surface area contributed by atoms with Crippen LogP contribution in [0.25, 0.3) is 0 Å². The summed E-state index contributed by atoms with van der Waals surface area (Å²) in [7, 11) is 3.34. The third kappa shape index (κ3) is 6.32. The van der Waals surface area contributed by atoms with E-state index in [1.54, 1.807) is 26.4 Å². The van der Waals surface area contributed by atoms with Crippen LogP contribution >= 0.6 is 39.1 Å². The SMILES string of the molecule is COCCCNCc1cc(OC)c(OCc2ccc(Cl)c(Cl)c2)cc1Br. The highest BCUT2D eigenvalue weighted by Crippen LogP contribution is 2.34. The van der Waals surface area contributed by atoms with Crippen LogP contribution in [0.1, 0.15) is 17.5 Å². The Labute approximate surface area is 172 Å². The van der Waals surface area contributed by atoms with Gasteiger partial charge in [0.05, 0.1) is 17.2 Å². The molecule has 1 N–H and O–H groups in total. The molecule has 26 heavy (non-hydrogen) atoms. The molecule has 0 aliphatic carbocycles. The number of rotatable bonds is 10. The third-order valence-corrected chi connectivity index (χ3v) is 5.21. The zero-order valence-electron chi connectivity index (χ0n) is 14.8. The summed E-state index contributed by atoms with van der Waals surface area (Å²) in [6, 6.07) is 9.33. The Hall–Kier alpha value is -0.980. The van der Waals surface area contributed by atoms with Crippen LogP contribution in [0, 0.1) is 0 Å². The van der Waals surface area contributed by atoms with E-state index in [2.05, 4.69) is 21.2 Å². The van der Waals surface area contributed by atoms with Gasteiger partial charge in [-0.2, -0.15) is 0 Å². The summed E-state index contributed by atoms with van der Waals surface area (Å²) in [6.45, 7) is 2.74. The van der Waals surface area contributed by atoms with E-state index in [0.717, 1.165) is 41.7 Å². The fourth-order valence-electron chi connectivity index (χ4n) is 2.34. The maximum absolute atomic E-state index is 6.05. The van der Waals surface area contributed by atoms with Gasteiger partial charge in [0.1, 0.15) is 6.61 Å². The van der Waals surface area contributed by atoms with Crippen LogP contribution in [0.15, 0.2) is 34.8 Å². The predicted octanol–water partition coefficient (Wildman–Crippen LogP) is 5.47. The molecule has 7 heteroatoms. The van der Waals surface area contributed by atoms with Gasteiger partial charge in [0, 0.05) is 24.7 Å². The Morgan fingerprint density at radius 1 is 1.04 bits per heavy atom. The number of nitrogens with one attached hydrogen (secondary N) is 1. The highest BCUT2D eigenvalue weighted by atomic mass is 79.9. The molecule has 0 heterocycles. The molecule has 4 nitrogen and oxygen atoms in total. The smallest absolute Gasteiger partial charge is 0.162 e. The second-order valence-electron chi connectivity index (χ2n) is 5.65. The lowest BCUT2D eigenvalue weighted by Crippen LogP contribution is -2.16. The van der Waals surface area contributed by atoms with Gasteiger partial charge in [-0.05, 0) is 48.4 Å². The van der Waals surface area contributed by atoms with E-state index in [1.165, 1.54) is 0 Å². The molecule has 0 amide bonds. The highest BCUT2D eigenvalue weighted by molar-refractivity contribution is 9.10. The van der Waals surface area contributed by atoms with Crippen LogP contribution in [0.5, 0.6) is 11.5 Å². The normalized spacial score (nSPS) is 10.8. The molecule has 0 saturated heterocycles. The highest BCUT2D eigenvalue weighted by Gasteiger charge is 2.11. The fourth-order valence-corrected chi connectivity index (χ4v) is 3.12. The molecule has 0 aliphatic heterocycles. The lowest BCUT2D eigenvalue weighted by atomic mass is 10.2. The molecule has 2 aromatic rings. The van der Waals surface area contributed by atoms with Crippen LogP contribution in [-0.4, -0.2) is 27.4 Å². The number of methoxy groups -OCH3 is 2. The minimum Gasteiger partial charge on any atom is -0.493 e. The maximum atomic E-state index is 6.05. The molecule has 2 aromatic carbocycles. The molecule has 0 fully saturated rings. The quantitative estimate of drug-likeness (QED) is 0.475. The van der Waals surface area contributed by atoms with Gasteiger partial charge in [-0.3, -0.25) is 0 Å². The molecule has 0 bridgehead atoms. The monoisotopic (exact) mass is 461 g/mol. The van der Waals surface area contributed by atoms with Crippen molar-refractivity contribution in [2.24, 2.45) is 0 Å². The number of hydrogen-bond donors (Lipinski definition) is 1. The summed E-state index contributed by atoms with van der Waals surface area (Å²) in [5.74, 6) is 1.34. The molecule has 2 rings (SSSR count). The van der Waals surface area contributed by atoms with Crippen molar-refractivity contribution >= 4 is 39.1 Å². The summed E-state index contributed by atoms with van der Waals surface area (Å²) in [4.78, 5) is 0. The van der Waals surface area contributed by atoms with Crippen LogP contribution in [0.4, 0.5) is 0 Å². The van der Waals surface area contributed by atoms with Crippen molar-refractivity contribution in [3.05, 3.63) is 56.0 Å². The average molecular weight is 463 g/mol. The first kappa shape index (κ1) is 21.3. The first-order valence-corrected chi connectivity index (χ1v) is 9.72. The van der Waals surface area contributed by atoms with Gasteiger partial charge in [-0.1, -0.05) is 45.2 Å². The molecule has 0 saturated carbocycles. The van der Waals surface area contributed by atoms with Gasteiger partial charge < -0.3 is 19.5 Å². The lowest BCUT2D eigenvalue weighted by Gasteiger charge is -2.15. The Morgan fingerprint density at radius 2 is 1.85 bits per heavy atom. The Kier molecular flexibility index (Phi) is 9.02. The van der Waals surface area contributed by atoms with Gasteiger partial charge in [-0.25, -0.2) is 0 Å². The number of ether oxygens (including phenoxy) is 3. The maximum Gasteiger partial charge on any atom is 0.162 e. The minimum absolute atomic E-state index is 0.369. The summed E-state index contributed by atoms with van der Waals surface area (Å²) in [6.07, 6.45) is 0.968. The van der Waals surface area contributed by atoms with E-state index >= 15 is 0 Å². The van der Waals surface area contributed by atoms with E-state index in [0.29, 0.717) is 28.2 Å². The Bertz CT molecular complexity index is 728. The summed E-state index contributed by atoms with van der Waals surface area (Å²) < 4.78 is 17.4. The number of hydrogen-bond acceptors (Lipinski definition) is 4. The van der Waals surface area contributed by atoms with Crippen LogP contribution < -0.4 is 14.8 Å². The summed E-state index contributed by atoms with van der Waals surface area (Å²) in [5, 5.41) is 4.42. The van der Waals surface area contributed by atoms with Crippen molar-refractivity contribution in [3.8, 4) is 11.5 Å². The van der Waals surface area contributed by atoms with Crippen LogP contribution in [0.3, 0.4) is 0 Å². The van der Waals surface area contributed by atoms with Gasteiger partial charge >= 0.3 is 0 Å². The lowest BCUT2D eigenvalue weighted by molar-refractivity contribution is 0.194. The summed E-state index contributed by atoms with van der Waals surface area (Å²) in [5.41, 5.74) is 2.03. The summed E-state index contributed by atoms with van der Waals surface area (Å²) >= 11 is 15.6. The van der Waals surface area contributed by atoms with Gasteiger partial charge in [0.25, 0.3) is 0 Å². The van der Waals surface area contributed by atoms with Crippen LogP contribution in [-0.2, 0) is 17.9 Å². The first-order chi connectivity index (χ1) is 12.5. The fraction of sp³-hybridized carbons (Fsp3) is 0.368. The Balaban J connectivity index is 2.01. The van der Waals surface area contributed by atoms with Crippen molar-refractivity contribution < 1.29 is 14.2 Å². The molecule has 0 atom stereocenters. The van der Waals surface area contributed by atoms with Crippen molar-refractivity contribution in [2.45, 2.75) is 19.6 Å². The standard InChI is InChI=1S/C19H22BrCl2NO3/c1-24-7-3-6-23-11-14-9-18(25-2)19(10-15(14)20)26-12-13-4-5-16(21)17(22)8-13/h4-5,8-10,23H,3,6-7,11-12H2,1-2H3. The second-order valence-corrected chi connectivity index (χ2v) is 7.32. The molecule has 0 aliphatic rings. The molecule has 142 valence electrons. The molecular weight excluding hydrogens is 441 g/mol. The van der Waals surface area contributed by atoms with Crippen molar-refractivity contribution in [3.63, 3.8) is 0 Å². The van der Waals surface area contributed by atoms with E-state index in [-0.39, 0.29) is 0 Å². The number of benzene rings is 2. The number of halogens is 3. The molecular formula is C19H22BrCl2NO3. The van der Waals surface area contributed by atoms with E-state index in [1.807, 2.05) is 18.2 Å².